The summed E-state index contributed by atoms with van der Waals surface area (Å²) in [4.78, 5) is 21.3. The molecule has 1 amide bonds. The van der Waals surface area contributed by atoms with Gasteiger partial charge in [-0.15, -0.1) is 0 Å². The highest BCUT2D eigenvalue weighted by Gasteiger charge is 2.22. The van der Waals surface area contributed by atoms with Crippen molar-refractivity contribution >= 4 is 17.3 Å². The first-order valence-electron chi connectivity index (χ1n) is 8.88. The number of likely N-dealkylation sites (N-methyl/N-ethyl adjacent to an activating group) is 1. The molecular formula is C20H26N4O. The highest BCUT2D eigenvalue weighted by atomic mass is 16.2. The lowest BCUT2D eigenvalue weighted by molar-refractivity contribution is 0.0637. The van der Waals surface area contributed by atoms with Gasteiger partial charge in [0, 0.05) is 43.8 Å². The number of pyridine rings is 1. The number of nitrogens with zero attached hydrogens (tertiary/aromatic N) is 3. The summed E-state index contributed by atoms with van der Waals surface area (Å²) in [5.41, 5.74) is 4.83. The molecule has 1 saturated heterocycles. The van der Waals surface area contributed by atoms with Crippen LogP contribution in [0, 0.1) is 13.8 Å². The zero-order chi connectivity index (χ0) is 17.8. The average Bonchev–Trinajstić information content (AvgIpc) is 2.60. The van der Waals surface area contributed by atoms with E-state index in [1.165, 1.54) is 11.1 Å². The predicted molar refractivity (Wildman–Crippen MR) is 101 cm³/mol. The van der Waals surface area contributed by atoms with Crippen LogP contribution in [-0.2, 0) is 0 Å². The van der Waals surface area contributed by atoms with Gasteiger partial charge in [0.25, 0.3) is 5.91 Å². The molecule has 2 heterocycles. The van der Waals surface area contributed by atoms with Crippen molar-refractivity contribution in [1.82, 2.24) is 14.8 Å². The number of benzene rings is 1. The molecule has 5 heteroatoms. The van der Waals surface area contributed by atoms with Crippen LogP contribution < -0.4 is 5.32 Å². The van der Waals surface area contributed by atoms with Crippen LogP contribution in [0.4, 0.5) is 11.4 Å². The van der Waals surface area contributed by atoms with Crippen LogP contribution in [0.3, 0.4) is 0 Å². The van der Waals surface area contributed by atoms with Crippen LogP contribution in [0.15, 0.2) is 36.5 Å². The number of hydrogen-bond acceptors (Lipinski definition) is 4. The molecule has 0 aliphatic carbocycles. The van der Waals surface area contributed by atoms with E-state index >= 15 is 0 Å². The summed E-state index contributed by atoms with van der Waals surface area (Å²) in [6.07, 6.45) is 1.69. The van der Waals surface area contributed by atoms with E-state index in [-0.39, 0.29) is 5.91 Å². The fourth-order valence-electron chi connectivity index (χ4n) is 3.27. The molecule has 0 radical (unpaired) electrons. The van der Waals surface area contributed by atoms with E-state index in [1.54, 1.807) is 6.20 Å². The average molecular weight is 338 g/mol. The van der Waals surface area contributed by atoms with Gasteiger partial charge in [-0.1, -0.05) is 13.0 Å². The zero-order valence-corrected chi connectivity index (χ0v) is 15.2. The van der Waals surface area contributed by atoms with Crippen LogP contribution in [0.5, 0.6) is 0 Å². The van der Waals surface area contributed by atoms with Crippen molar-refractivity contribution in [3.8, 4) is 0 Å². The number of carbonyl (C=O) groups is 1. The van der Waals surface area contributed by atoms with Crippen LogP contribution in [-0.4, -0.2) is 53.4 Å². The summed E-state index contributed by atoms with van der Waals surface area (Å²) >= 11 is 0. The molecule has 0 bridgehead atoms. The summed E-state index contributed by atoms with van der Waals surface area (Å²) in [5, 5.41) is 3.38. The van der Waals surface area contributed by atoms with Crippen LogP contribution >= 0.6 is 0 Å². The highest BCUT2D eigenvalue weighted by molar-refractivity contribution is 5.93. The fraction of sp³-hybridized carbons (Fsp3) is 0.400. The maximum absolute atomic E-state index is 12.7. The van der Waals surface area contributed by atoms with Gasteiger partial charge in [-0.2, -0.15) is 0 Å². The Balaban J connectivity index is 1.71. The van der Waals surface area contributed by atoms with Gasteiger partial charge in [0.05, 0.1) is 0 Å². The van der Waals surface area contributed by atoms with Crippen LogP contribution in [0.25, 0.3) is 0 Å². The molecule has 1 N–H and O–H groups in total. The van der Waals surface area contributed by atoms with Crippen LogP contribution in [0.1, 0.15) is 28.5 Å². The van der Waals surface area contributed by atoms with Crippen LogP contribution in [0.2, 0.25) is 0 Å². The van der Waals surface area contributed by atoms with E-state index in [9.17, 15) is 4.79 Å². The molecule has 1 aromatic carbocycles. The fourth-order valence-corrected chi connectivity index (χ4v) is 3.27. The van der Waals surface area contributed by atoms with Gasteiger partial charge in [-0.3, -0.25) is 9.78 Å². The van der Waals surface area contributed by atoms with Crippen molar-refractivity contribution < 1.29 is 4.79 Å². The Bertz CT molecular complexity index is 731. The summed E-state index contributed by atoms with van der Waals surface area (Å²) < 4.78 is 0. The number of carbonyl (C=O) groups excluding carboxylic acids is 1. The van der Waals surface area contributed by atoms with Crippen molar-refractivity contribution in [3.05, 3.63) is 53.3 Å². The molecule has 0 spiro atoms. The highest BCUT2D eigenvalue weighted by Crippen LogP contribution is 2.20. The van der Waals surface area contributed by atoms with E-state index in [1.807, 2.05) is 17.0 Å². The van der Waals surface area contributed by atoms with Crippen molar-refractivity contribution in [2.24, 2.45) is 0 Å². The number of amides is 1. The Morgan fingerprint density at radius 3 is 2.36 bits per heavy atom. The van der Waals surface area contributed by atoms with Crippen molar-refractivity contribution in [2.45, 2.75) is 20.8 Å². The smallest absolute Gasteiger partial charge is 0.272 e. The Hall–Kier alpha value is -2.40. The second kappa shape index (κ2) is 7.66. The molecule has 1 aliphatic heterocycles. The Morgan fingerprint density at radius 2 is 1.72 bits per heavy atom. The largest absolute Gasteiger partial charge is 0.355 e. The van der Waals surface area contributed by atoms with Crippen molar-refractivity contribution in [1.29, 1.82) is 0 Å². The third kappa shape index (κ3) is 4.37. The molecular weight excluding hydrogens is 312 g/mol. The zero-order valence-electron chi connectivity index (χ0n) is 15.2. The standard InChI is InChI=1S/C20H26N4O/c1-4-23-7-9-24(10-8-23)20(25)19-14-17(5-6-21-19)22-18-12-15(2)11-16(3)13-18/h5-6,11-14H,4,7-10H2,1-3H3,(H,21,22). The van der Waals surface area contributed by atoms with Gasteiger partial charge in [-0.05, 0) is 55.8 Å². The number of aromatic nitrogens is 1. The van der Waals surface area contributed by atoms with E-state index < -0.39 is 0 Å². The number of piperazine rings is 1. The Labute approximate surface area is 149 Å². The van der Waals surface area contributed by atoms with Gasteiger partial charge in [0.1, 0.15) is 5.69 Å². The first-order valence-corrected chi connectivity index (χ1v) is 8.88. The lowest BCUT2D eigenvalue weighted by Gasteiger charge is -2.33. The second-order valence-electron chi connectivity index (χ2n) is 6.66. The van der Waals surface area contributed by atoms with Gasteiger partial charge < -0.3 is 15.1 Å². The molecule has 1 fully saturated rings. The predicted octanol–water partition coefficient (Wildman–Crippen LogP) is 3.22. The van der Waals surface area contributed by atoms with E-state index in [4.69, 9.17) is 0 Å². The molecule has 132 valence electrons. The number of anilines is 2. The topological polar surface area (TPSA) is 48.5 Å². The number of rotatable bonds is 4. The molecule has 1 aliphatic rings. The summed E-state index contributed by atoms with van der Waals surface area (Å²) in [6, 6.07) is 10.1. The van der Waals surface area contributed by atoms with Gasteiger partial charge >= 0.3 is 0 Å². The number of hydrogen-bond donors (Lipinski definition) is 1. The molecule has 2 aromatic rings. The lowest BCUT2D eigenvalue weighted by atomic mass is 10.1. The monoisotopic (exact) mass is 338 g/mol. The minimum Gasteiger partial charge on any atom is -0.355 e. The van der Waals surface area contributed by atoms with Crippen molar-refractivity contribution in [3.63, 3.8) is 0 Å². The minimum atomic E-state index is 0.0137. The number of aryl methyl sites for hydroxylation is 2. The quantitative estimate of drug-likeness (QED) is 0.930. The maximum atomic E-state index is 12.7. The third-order valence-electron chi connectivity index (χ3n) is 4.60. The first-order chi connectivity index (χ1) is 12.0. The number of nitrogens with one attached hydrogen (secondary N) is 1. The lowest BCUT2D eigenvalue weighted by Crippen LogP contribution is -2.48. The Kier molecular flexibility index (Phi) is 5.34. The van der Waals surface area contributed by atoms with E-state index in [0.717, 1.165) is 44.1 Å². The molecule has 3 rings (SSSR count). The van der Waals surface area contributed by atoms with Gasteiger partial charge in [0.2, 0.25) is 0 Å². The normalized spacial score (nSPS) is 15.2. The Morgan fingerprint density at radius 1 is 1.04 bits per heavy atom. The second-order valence-corrected chi connectivity index (χ2v) is 6.66. The minimum absolute atomic E-state index is 0.0137. The molecule has 1 aromatic heterocycles. The van der Waals surface area contributed by atoms with E-state index in [2.05, 4.69) is 54.2 Å². The first kappa shape index (κ1) is 17.4. The molecule has 0 atom stereocenters. The molecule has 25 heavy (non-hydrogen) atoms. The summed E-state index contributed by atoms with van der Waals surface area (Å²) in [5.74, 6) is 0.0137. The summed E-state index contributed by atoms with van der Waals surface area (Å²) in [7, 11) is 0. The molecule has 5 nitrogen and oxygen atoms in total. The molecule has 0 saturated carbocycles. The van der Waals surface area contributed by atoms with Gasteiger partial charge in [-0.25, -0.2) is 0 Å². The van der Waals surface area contributed by atoms with Gasteiger partial charge in [0.15, 0.2) is 0 Å². The SMILES string of the molecule is CCN1CCN(C(=O)c2cc(Nc3cc(C)cc(C)c3)ccn2)CC1. The third-order valence-corrected chi connectivity index (χ3v) is 4.60. The van der Waals surface area contributed by atoms with Crippen molar-refractivity contribution in [2.75, 3.05) is 38.0 Å². The summed E-state index contributed by atoms with van der Waals surface area (Å²) in [6.45, 7) is 10.7. The molecule has 0 unspecified atom stereocenters. The van der Waals surface area contributed by atoms with E-state index in [0.29, 0.717) is 5.69 Å². The maximum Gasteiger partial charge on any atom is 0.272 e.